The van der Waals surface area contributed by atoms with Crippen LogP contribution in [0.25, 0.3) is 6.08 Å². The van der Waals surface area contributed by atoms with Crippen molar-refractivity contribution in [2.24, 2.45) is 0 Å². The summed E-state index contributed by atoms with van der Waals surface area (Å²) in [5.41, 5.74) is 2.31. The maximum absolute atomic E-state index is 12.1. The fourth-order valence-corrected chi connectivity index (χ4v) is 2.40. The van der Waals surface area contributed by atoms with Crippen molar-refractivity contribution in [1.82, 2.24) is 10.2 Å². The van der Waals surface area contributed by atoms with Crippen LogP contribution in [0.15, 0.2) is 42.6 Å². The Morgan fingerprint density at radius 2 is 1.82 bits per heavy atom. The fraction of sp³-hybridized carbons (Fsp3) is 0.294. The molecule has 3 amide bonds. The van der Waals surface area contributed by atoms with E-state index < -0.39 is 6.03 Å². The van der Waals surface area contributed by atoms with E-state index in [1.54, 1.807) is 6.08 Å². The molecule has 0 saturated carbocycles. The Morgan fingerprint density at radius 1 is 1.18 bits per heavy atom. The van der Waals surface area contributed by atoms with Crippen LogP contribution < -0.4 is 10.2 Å². The molecule has 0 aromatic heterocycles. The van der Waals surface area contributed by atoms with Crippen LogP contribution >= 0.6 is 0 Å². The average molecular weight is 299 g/mol. The Kier molecular flexibility index (Phi) is 4.99. The molecule has 1 aromatic rings. The lowest BCUT2D eigenvalue weighted by molar-refractivity contribution is -0.122. The van der Waals surface area contributed by atoms with E-state index in [1.165, 1.54) is 6.08 Å². The summed E-state index contributed by atoms with van der Waals surface area (Å²) in [5, 5.41) is 2.59. The first-order valence-corrected chi connectivity index (χ1v) is 7.41. The Bertz CT molecular complexity index is 601. The van der Waals surface area contributed by atoms with Crippen LogP contribution in [0, 0.1) is 0 Å². The highest BCUT2D eigenvalue weighted by Gasteiger charge is 2.32. The zero-order valence-electron chi connectivity index (χ0n) is 13.0. The van der Waals surface area contributed by atoms with Crippen molar-refractivity contribution < 1.29 is 9.59 Å². The third-order valence-corrected chi connectivity index (χ3v) is 3.61. The molecule has 22 heavy (non-hydrogen) atoms. The van der Waals surface area contributed by atoms with E-state index in [2.05, 4.69) is 30.6 Å². The fourth-order valence-electron chi connectivity index (χ4n) is 2.40. The van der Waals surface area contributed by atoms with Crippen molar-refractivity contribution in [2.45, 2.75) is 13.8 Å². The number of benzene rings is 1. The predicted octanol–water partition coefficient (Wildman–Crippen LogP) is 2.61. The normalized spacial score (nSPS) is 16.1. The number of urea groups is 1. The van der Waals surface area contributed by atoms with Gasteiger partial charge in [0.15, 0.2) is 0 Å². The Balaban J connectivity index is 2.18. The smallest absolute Gasteiger partial charge is 0.329 e. The monoisotopic (exact) mass is 299 g/mol. The number of hydrogen-bond donors (Lipinski definition) is 1. The Morgan fingerprint density at radius 3 is 2.36 bits per heavy atom. The molecule has 1 fully saturated rings. The second-order valence-electron chi connectivity index (χ2n) is 4.96. The SMILES string of the molecule is C=CCN1C(=O)N/C(=C/c2ccc(N(CC)CC)cc2)C1=O. The van der Waals surface area contributed by atoms with Crippen LogP contribution in [-0.2, 0) is 4.79 Å². The van der Waals surface area contributed by atoms with E-state index in [1.807, 2.05) is 24.3 Å². The van der Waals surface area contributed by atoms with Gasteiger partial charge in [0.2, 0.25) is 0 Å². The summed E-state index contributed by atoms with van der Waals surface area (Å²) in [7, 11) is 0. The summed E-state index contributed by atoms with van der Waals surface area (Å²) in [4.78, 5) is 27.2. The number of carbonyl (C=O) groups excluding carboxylic acids is 2. The second-order valence-corrected chi connectivity index (χ2v) is 4.96. The largest absolute Gasteiger partial charge is 0.372 e. The first-order chi connectivity index (χ1) is 10.6. The molecule has 1 N–H and O–H groups in total. The van der Waals surface area contributed by atoms with Gasteiger partial charge in [-0.1, -0.05) is 18.2 Å². The lowest BCUT2D eigenvalue weighted by Gasteiger charge is -2.20. The molecule has 0 radical (unpaired) electrons. The summed E-state index contributed by atoms with van der Waals surface area (Å²) in [6.45, 7) is 9.87. The first kappa shape index (κ1) is 15.8. The van der Waals surface area contributed by atoms with Gasteiger partial charge in [0.25, 0.3) is 5.91 Å². The molecule has 0 spiro atoms. The standard InChI is InChI=1S/C17H21N3O2/c1-4-11-20-16(21)15(18-17(20)22)12-13-7-9-14(10-8-13)19(5-2)6-3/h4,7-10,12H,1,5-6,11H2,2-3H3,(H,18,22)/b15-12+. The van der Waals surface area contributed by atoms with Gasteiger partial charge in [0.05, 0.1) is 0 Å². The van der Waals surface area contributed by atoms with Crippen molar-refractivity contribution >= 4 is 23.7 Å². The van der Waals surface area contributed by atoms with Gasteiger partial charge >= 0.3 is 6.03 Å². The van der Waals surface area contributed by atoms with Gasteiger partial charge in [0, 0.05) is 25.3 Å². The first-order valence-electron chi connectivity index (χ1n) is 7.41. The summed E-state index contributed by atoms with van der Waals surface area (Å²) >= 11 is 0. The van der Waals surface area contributed by atoms with Crippen LogP contribution in [0.4, 0.5) is 10.5 Å². The molecule has 2 rings (SSSR count). The summed E-state index contributed by atoms with van der Waals surface area (Å²) in [5.74, 6) is -0.322. The minimum atomic E-state index is -0.407. The molecule has 1 aliphatic rings. The van der Waals surface area contributed by atoms with E-state index in [9.17, 15) is 9.59 Å². The zero-order chi connectivity index (χ0) is 16.1. The van der Waals surface area contributed by atoms with E-state index in [0.717, 1.165) is 29.2 Å². The molecule has 1 saturated heterocycles. The van der Waals surface area contributed by atoms with Gasteiger partial charge in [-0.3, -0.25) is 9.69 Å². The van der Waals surface area contributed by atoms with Crippen LogP contribution in [0.3, 0.4) is 0 Å². The highest BCUT2D eigenvalue weighted by Crippen LogP contribution is 2.18. The predicted molar refractivity (Wildman–Crippen MR) is 88.4 cm³/mol. The zero-order valence-corrected chi connectivity index (χ0v) is 13.0. The van der Waals surface area contributed by atoms with Gasteiger partial charge in [-0.05, 0) is 37.6 Å². The highest BCUT2D eigenvalue weighted by atomic mass is 16.2. The van der Waals surface area contributed by atoms with Gasteiger partial charge in [-0.25, -0.2) is 4.79 Å². The summed E-state index contributed by atoms with van der Waals surface area (Å²) < 4.78 is 0. The molecule has 0 unspecified atom stereocenters. The van der Waals surface area contributed by atoms with Crippen LogP contribution in [0.1, 0.15) is 19.4 Å². The number of rotatable bonds is 6. The van der Waals surface area contributed by atoms with Crippen LogP contribution in [0.5, 0.6) is 0 Å². The van der Waals surface area contributed by atoms with Crippen LogP contribution in [-0.4, -0.2) is 36.5 Å². The molecule has 1 heterocycles. The molecule has 1 aromatic carbocycles. The number of amides is 3. The quantitative estimate of drug-likeness (QED) is 0.499. The molecule has 1 aliphatic heterocycles. The molecule has 5 heteroatoms. The van der Waals surface area contributed by atoms with Crippen molar-refractivity contribution in [2.75, 3.05) is 24.5 Å². The third kappa shape index (κ3) is 3.19. The van der Waals surface area contributed by atoms with Gasteiger partial charge in [-0.2, -0.15) is 0 Å². The maximum Gasteiger partial charge on any atom is 0.329 e. The lowest BCUT2D eigenvalue weighted by atomic mass is 10.1. The van der Waals surface area contributed by atoms with Gasteiger partial charge < -0.3 is 10.2 Å². The Hall–Kier alpha value is -2.56. The molecule has 116 valence electrons. The summed E-state index contributed by atoms with van der Waals surface area (Å²) in [6.07, 6.45) is 3.22. The van der Waals surface area contributed by atoms with Crippen LogP contribution in [0.2, 0.25) is 0 Å². The maximum atomic E-state index is 12.1. The minimum absolute atomic E-state index is 0.211. The van der Waals surface area contributed by atoms with Crippen molar-refractivity contribution in [3.8, 4) is 0 Å². The van der Waals surface area contributed by atoms with Gasteiger partial charge in [-0.15, -0.1) is 6.58 Å². The van der Waals surface area contributed by atoms with Crippen molar-refractivity contribution in [3.05, 3.63) is 48.2 Å². The number of nitrogens with one attached hydrogen (secondary N) is 1. The molecule has 5 nitrogen and oxygen atoms in total. The average Bonchev–Trinajstić information content (AvgIpc) is 2.78. The summed E-state index contributed by atoms with van der Waals surface area (Å²) in [6, 6.07) is 7.51. The molecular weight excluding hydrogens is 278 g/mol. The number of nitrogens with zero attached hydrogens (tertiary/aromatic N) is 2. The Labute approximate surface area is 130 Å². The molecule has 0 bridgehead atoms. The van der Waals surface area contributed by atoms with E-state index >= 15 is 0 Å². The number of anilines is 1. The molecule has 0 aliphatic carbocycles. The minimum Gasteiger partial charge on any atom is -0.372 e. The lowest BCUT2D eigenvalue weighted by Crippen LogP contribution is -2.30. The number of imide groups is 1. The third-order valence-electron chi connectivity index (χ3n) is 3.61. The van der Waals surface area contributed by atoms with Crippen molar-refractivity contribution in [1.29, 1.82) is 0 Å². The molecule has 0 atom stereocenters. The van der Waals surface area contributed by atoms with E-state index in [4.69, 9.17) is 0 Å². The topological polar surface area (TPSA) is 52.7 Å². The number of hydrogen-bond acceptors (Lipinski definition) is 3. The second kappa shape index (κ2) is 6.93. The number of carbonyl (C=O) groups is 2. The highest BCUT2D eigenvalue weighted by molar-refractivity contribution is 6.14. The molecular formula is C17H21N3O2. The van der Waals surface area contributed by atoms with Gasteiger partial charge in [0.1, 0.15) is 5.70 Å². The van der Waals surface area contributed by atoms with E-state index in [0.29, 0.717) is 5.70 Å². The van der Waals surface area contributed by atoms with Crippen molar-refractivity contribution in [3.63, 3.8) is 0 Å². The van der Waals surface area contributed by atoms with E-state index in [-0.39, 0.29) is 12.5 Å².